The van der Waals surface area contributed by atoms with Crippen molar-refractivity contribution in [2.75, 3.05) is 12.4 Å². The van der Waals surface area contributed by atoms with E-state index in [4.69, 9.17) is 11.6 Å². The molecule has 0 saturated heterocycles. The van der Waals surface area contributed by atoms with E-state index in [0.717, 1.165) is 22.9 Å². The zero-order chi connectivity index (χ0) is 13.7. The first-order valence-corrected chi connectivity index (χ1v) is 8.17. The minimum Gasteiger partial charge on any atom is -0.334 e. The van der Waals surface area contributed by atoms with Crippen molar-refractivity contribution in [1.82, 2.24) is 4.90 Å². The minimum atomic E-state index is 0.111. The van der Waals surface area contributed by atoms with Gasteiger partial charge in [0.15, 0.2) is 0 Å². The lowest BCUT2D eigenvalue weighted by Crippen LogP contribution is -2.42. The molecule has 1 aliphatic carbocycles. The van der Waals surface area contributed by atoms with E-state index in [-0.39, 0.29) is 5.91 Å². The third-order valence-corrected chi connectivity index (χ3v) is 4.39. The van der Waals surface area contributed by atoms with Crippen molar-refractivity contribution in [3.63, 3.8) is 0 Å². The maximum absolute atomic E-state index is 12.6. The number of alkyl halides is 1. The molecule has 1 aromatic carbocycles. The highest BCUT2D eigenvalue weighted by atomic mass is 79.9. The van der Waals surface area contributed by atoms with Crippen LogP contribution in [0.5, 0.6) is 0 Å². The summed E-state index contributed by atoms with van der Waals surface area (Å²) in [4.78, 5) is 14.6. The van der Waals surface area contributed by atoms with Crippen molar-refractivity contribution >= 4 is 33.4 Å². The van der Waals surface area contributed by atoms with Gasteiger partial charge in [0, 0.05) is 28.5 Å². The summed E-state index contributed by atoms with van der Waals surface area (Å²) in [6, 6.07) is 7.93. The fourth-order valence-corrected chi connectivity index (χ4v) is 3.14. The number of amides is 1. The summed E-state index contributed by atoms with van der Waals surface area (Å²) in [6.07, 6.45) is 5.95. The Kier molecular flexibility index (Phi) is 5.71. The van der Waals surface area contributed by atoms with Gasteiger partial charge in [0.05, 0.1) is 0 Å². The van der Waals surface area contributed by atoms with Crippen LogP contribution in [0.3, 0.4) is 0 Å². The number of hydrogen-bond acceptors (Lipinski definition) is 1. The zero-order valence-electron chi connectivity index (χ0n) is 10.9. The highest BCUT2D eigenvalue weighted by Gasteiger charge is 2.25. The lowest BCUT2D eigenvalue weighted by molar-refractivity contribution is 0.0649. The average Bonchev–Trinajstić information content (AvgIpc) is 2.46. The number of nitrogens with zero attached hydrogens (tertiary/aromatic N) is 1. The molecule has 0 N–H and O–H groups in total. The van der Waals surface area contributed by atoms with Gasteiger partial charge in [-0.3, -0.25) is 4.79 Å². The molecule has 1 aliphatic rings. The molecule has 0 atom stereocenters. The Hall–Kier alpha value is -0.540. The molecule has 0 unspecified atom stereocenters. The van der Waals surface area contributed by atoms with Gasteiger partial charge in [-0.15, -0.1) is 11.6 Å². The molecule has 1 fully saturated rings. The summed E-state index contributed by atoms with van der Waals surface area (Å²) < 4.78 is 0.991. The van der Waals surface area contributed by atoms with Gasteiger partial charge in [0.1, 0.15) is 0 Å². The van der Waals surface area contributed by atoms with Crippen LogP contribution in [-0.2, 0) is 0 Å². The second-order valence-electron chi connectivity index (χ2n) is 4.99. The Morgan fingerprint density at radius 1 is 1.21 bits per heavy atom. The van der Waals surface area contributed by atoms with Crippen LogP contribution >= 0.6 is 27.5 Å². The van der Waals surface area contributed by atoms with Crippen molar-refractivity contribution in [3.05, 3.63) is 34.3 Å². The largest absolute Gasteiger partial charge is 0.334 e. The van der Waals surface area contributed by atoms with Crippen molar-refractivity contribution in [1.29, 1.82) is 0 Å². The molecular formula is C15H19BrClNO. The van der Waals surface area contributed by atoms with Gasteiger partial charge in [0.25, 0.3) is 5.91 Å². The van der Waals surface area contributed by atoms with Crippen LogP contribution in [0.2, 0.25) is 0 Å². The van der Waals surface area contributed by atoms with E-state index in [1.807, 2.05) is 29.2 Å². The molecule has 1 saturated carbocycles. The van der Waals surface area contributed by atoms with E-state index in [9.17, 15) is 4.79 Å². The number of halogens is 2. The number of hydrogen-bond donors (Lipinski definition) is 0. The summed E-state index contributed by atoms with van der Waals surface area (Å²) in [6.45, 7) is 0.640. The van der Waals surface area contributed by atoms with E-state index in [1.165, 1.54) is 19.3 Å². The van der Waals surface area contributed by atoms with Gasteiger partial charge in [-0.1, -0.05) is 35.2 Å². The predicted octanol–water partition coefficient (Wildman–Crippen LogP) is 4.46. The number of benzene rings is 1. The summed E-state index contributed by atoms with van der Waals surface area (Å²) in [7, 11) is 0. The van der Waals surface area contributed by atoms with Gasteiger partial charge >= 0.3 is 0 Å². The summed E-state index contributed by atoms with van der Waals surface area (Å²) in [5, 5.41) is 0. The molecule has 4 heteroatoms. The normalized spacial score (nSPS) is 16.3. The average molecular weight is 345 g/mol. The molecule has 2 rings (SSSR count). The maximum Gasteiger partial charge on any atom is 0.254 e. The molecule has 0 aromatic heterocycles. The van der Waals surface area contributed by atoms with Crippen LogP contribution < -0.4 is 0 Å². The van der Waals surface area contributed by atoms with Crippen LogP contribution in [0.4, 0.5) is 0 Å². The topological polar surface area (TPSA) is 20.3 Å². The van der Waals surface area contributed by atoms with Crippen LogP contribution in [0.1, 0.15) is 42.5 Å². The molecule has 0 spiro atoms. The second kappa shape index (κ2) is 7.30. The molecule has 0 radical (unpaired) electrons. The third kappa shape index (κ3) is 3.96. The van der Waals surface area contributed by atoms with Crippen molar-refractivity contribution in [3.8, 4) is 0 Å². The van der Waals surface area contributed by atoms with E-state index < -0.39 is 0 Å². The Labute approximate surface area is 128 Å². The molecule has 2 nitrogen and oxygen atoms in total. The van der Waals surface area contributed by atoms with Crippen molar-refractivity contribution in [2.45, 2.75) is 38.1 Å². The smallest absolute Gasteiger partial charge is 0.254 e. The second-order valence-corrected chi connectivity index (χ2v) is 6.28. The number of rotatable bonds is 4. The van der Waals surface area contributed by atoms with Gasteiger partial charge in [-0.05, 0) is 37.1 Å². The summed E-state index contributed by atoms with van der Waals surface area (Å²) in [5.41, 5.74) is 0.749. The van der Waals surface area contributed by atoms with Crippen LogP contribution in [0.15, 0.2) is 28.7 Å². The zero-order valence-corrected chi connectivity index (χ0v) is 13.3. The molecule has 0 aliphatic heterocycles. The van der Waals surface area contributed by atoms with Gasteiger partial charge < -0.3 is 4.90 Å². The first-order chi connectivity index (χ1) is 9.22. The van der Waals surface area contributed by atoms with E-state index in [1.54, 1.807) is 0 Å². The SMILES string of the molecule is O=C(c1ccc(Br)cc1)N(CCCl)C1CCCCC1. The highest BCUT2D eigenvalue weighted by Crippen LogP contribution is 2.24. The molecular weight excluding hydrogens is 326 g/mol. The van der Waals surface area contributed by atoms with Gasteiger partial charge in [-0.2, -0.15) is 0 Å². The van der Waals surface area contributed by atoms with E-state index >= 15 is 0 Å². The van der Waals surface area contributed by atoms with Gasteiger partial charge in [-0.25, -0.2) is 0 Å². The highest BCUT2D eigenvalue weighted by molar-refractivity contribution is 9.10. The minimum absolute atomic E-state index is 0.111. The standard InChI is InChI=1S/C15H19BrClNO/c16-13-8-6-12(7-9-13)15(19)18(11-10-17)14-4-2-1-3-5-14/h6-9,14H,1-5,10-11H2. The molecule has 0 heterocycles. The third-order valence-electron chi connectivity index (χ3n) is 3.69. The summed E-state index contributed by atoms with van der Waals surface area (Å²) >= 11 is 9.26. The van der Waals surface area contributed by atoms with E-state index in [0.29, 0.717) is 18.5 Å². The monoisotopic (exact) mass is 343 g/mol. The molecule has 1 amide bonds. The quantitative estimate of drug-likeness (QED) is 0.738. The van der Waals surface area contributed by atoms with Crippen LogP contribution in [-0.4, -0.2) is 29.3 Å². The first-order valence-electron chi connectivity index (χ1n) is 6.85. The Morgan fingerprint density at radius 3 is 2.42 bits per heavy atom. The van der Waals surface area contributed by atoms with Crippen LogP contribution in [0.25, 0.3) is 0 Å². The Balaban J connectivity index is 2.13. The fourth-order valence-electron chi connectivity index (χ4n) is 2.69. The van der Waals surface area contributed by atoms with Crippen molar-refractivity contribution < 1.29 is 4.79 Å². The summed E-state index contributed by atoms with van der Waals surface area (Å²) in [5.74, 6) is 0.610. The van der Waals surface area contributed by atoms with Gasteiger partial charge in [0.2, 0.25) is 0 Å². The number of carbonyl (C=O) groups excluding carboxylic acids is 1. The fraction of sp³-hybridized carbons (Fsp3) is 0.533. The predicted molar refractivity (Wildman–Crippen MR) is 82.8 cm³/mol. The van der Waals surface area contributed by atoms with Crippen LogP contribution in [0, 0.1) is 0 Å². The lowest BCUT2D eigenvalue weighted by atomic mass is 9.93. The lowest BCUT2D eigenvalue weighted by Gasteiger charge is -2.34. The maximum atomic E-state index is 12.6. The molecule has 0 bridgehead atoms. The Bertz CT molecular complexity index is 415. The van der Waals surface area contributed by atoms with Crippen molar-refractivity contribution in [2.24, 2.45) is 0 Å². The first kappa shape index (κ1) is 14.9. The van der Waals surface area contributed by atoms with E-state index in [2.05, 4.69) is 15.9 Å². The molecule has 19 heavy (non-hydrogen) atoms. The molecule has 104 valence electrons. The molecule has 1 aromatic rings. The number of carbonyl (C=O) groups is 1. The Morgan fingerprint density at radius 2 is 1.84 bits per heavy atom.